The molecule has 0 aliphatic rings. The van der Waals surface area contributed by atoms with Crippen LogP contribution in [0.3, 0.4) is 0 Å². The number of alkyl carbamates (subject to hydrolysis) is 1. The molecule has 0 spiro atoms. The van der Waals surface area contributed by atoms with Gasteiger partial charge < -0.3 is 14.5 Å². The Morgan fingerprint density at radius 1 is 1.47 bits per heavy atom. The molecule has 0 aliphatic carbocycles. The second-order valence-electron chi connectivity index (χ2n) is 5.08. The highest BCUT2D eigenvalue weighted by Gasteiger charge is 2.22. The fraction of sp³-hybridized carbons (Fsp3) is 0.538. The van der Waals surface area contributed by atoms with Crippen LogP contribution in [0, 0.1) is 0 Å². The highest BCUT2D eigenvalue weighted by molar-refractivity contribution is 7.99. The lowest BCUT2D eigenvalue weighted by Gasteiger charge is -2.22. The smallest absolute Gasteiger partial charge is 0.408 e. The van der Waals surface area contributed by atoms with Crippen molar-refractivity contribution in [3.05, 3.63) is 24.2 Å². The minimum absolute atomic E-state index is 0.126. The van der Waals surface area contributed by atoms with E-state index in [4.69, 9.17) is 9.15 Å². The predicted octanol–water partition coefficient (Wildman–Crippen LogP) is 2.95. The zero-order valence-electron chi connectivity index (χ0n) is 11.6. The Bertz CT molecular complexity index is 422. The first-order valence-corrected chi connectivity index (χ1v) is 6.95. The van der Waals surface area contributed by atoms with Gasteiger partial charge in [0.25, 0.3) is 0 Å². The Kier molecular flexibility index (Phi) is 5.47. The summed E-state index contributed by atoms with van der Waals surface area (Å²) in [7, 11) is 0. The van der Waals surface area contributed by atoms with E-state index in [1.165, 1.54) is 18.7 Å². The number of amides is 1. The van der Waals surface area contributed by atoms with E-state index < -0.39 is 17.1 Å². The molecule has 5 nitrogen and oxygen atoms in total. The Balaban J connectivity index is 2.49. The van der Waals surface area contributed by atoms with E-state index in [1.807, 2.05) is 6.07 Å². The largest absolute Gasteiger partial charge is 0.472 e. The number of carbonyl (C=O) groups is 2. The van der Waals surface area contributed by atoms with Crippen molar-refractivity contribution in [1.82, 2.24) is 5.32 Å². The van der Waals surface area contributed by atoms with Gasteiger partial charge in [0.05, 0.1) is 12.5 Å². The monoisotopic (exact) mass is 285 g/mol. The molecule has 1 rings (SSSR count). The molecular formula is C13H19NO4S. The van der Waals surface area contributed by atoms with Gasteiger partial charge in [-0.25, -0.2) is 4.79 Å². The summed E-state index contributed by atoms with van der Waals surface area (Å²) in [5, 5.41) is 1.94. The number of rotatable bonds is 5. The van der Waals surface area contributed by atoms with Gasteiger partial charge in [-0.3, -0.25) is 4.79 Å². The summed E-state index contributed by atoms with van der Waals surface area (Å²) >= 11 is 1.32. The summed E-state index contributed by atoms with van der Waals surface area (Å²) in [6, 6.07) is 1.82. The molecule has 1 aromatic rings. The number of hydrogen-bond donors (Lipinski definition) is 1. The van der Waals surface area contributed by atoms with E-state index in [9.17, 15) is 9.59 Å². The van der Waals surface area contributed by atoms with E-state index in [-0.39, 0.29) is 5.78 Å². The second kappa shape index (κ2) is 6.65. The summed E-state index contributed by atoms with van der Waals surface area (Å²) in [6.45, 7) is 6.75. The number of Topliss-reactive ketones (excluding diaryl/α,β-unsaturated/α-hetero) is 1. The molecule has 0 saturated carbocycles. The SMILES string of the molecule is CC(=O)C(NC(=O)OC(C)(C)C)SCc1ccoc1. The standard InChI is InChI=1S/C13H19NO4S/c1-9(15)11(14-12(16)18-13(2,3)4)19-8-10-5-6-17-7-10/h5-7,11H,8H2,1-4H3,(H,14,16). The van der Waals surface area contributed by atoms with Crippen LogP contribution < -0.4 is 5.32 Å². The maximum atomic E-state index is 11.6. The van der Waals surface area contributed by atoms with Crippen molar-refractivity contribution >= 4 is 23.6 Å². The van der Waals surface area contributed by atoms with E-state index in [2.05, 4.69) is 5.32 Å². The van der Waals surface area contributed by atoms with Crippen LogP contribution in [0.1, 0.15) is 33.3 Å². The third-order valence-corrected chi connectivity index (χ3v) is 3.30. The van der Waals surface area contributed by atoms with Crippen molar-refractivity contribution in [2.24, 2.45) is 0 Å². The molecule has 6 heteroatoms. The molecule has 0 bridgehead atoms. The van der Waals surface area contributed by atoms with Crippen molar-refractivity contribution in [2.75, 3.05) is 0 Å². The minimum atomic E-state index is -0.621. The van der Waals surface area contributed by atoms with E-state index in [1.54, 1.807) is 33.3 Å². The lowest BCUT2D eigenvalue weighted by Crippen LogP contribution is -2.40. The highest BCUT2D eigenvalue weighted by atomic mass is 32.2. The molecule has 1 atom stereocenters. The summed E-state index contributed by atoms with van der Waals surface area (Å²) in [5.41, 5.74) is 0.378. The first kappa shape index (κ1) is 15.6. The summed E-state index contributed by atoms with van der Waals surface area (Å²) in [6.07, 6.45) is 2.59. The molecule has 0 radical (unpaired) electrons. The first-order valence-electron chi connectivity index (χ1n) is 5.90. The molecule has 1 aromatic heterocycles. The molecule has 106 valence electrons. The van der Waals surface area contributed by atoms with E-state index in [0.29, 0.717) is 5.75 Å². The predicted molar refractivity (Wildman–Crippen MR) is 73.8 cm³/mol. The summed E-state index contributed by atoms with van der Waals surface area (Å²) < 4.78 is 10.1. The highest BCUT2D eigenvalue weighted by Crippen LogP contribution is 2.18. The molecule has 1 unspecified atom stereocenters. The summed E-state index contributed by atoms with van der Waals surface area (Å²) in [5.74, 6) is 0.454. The third kappa shape index (κ3) is 6.33. The number of furan rings is 1. The van der Waals surface area contributed by atoms with Crippen molar-refractivity contribution < 1.29 is 18.7 Å². The maximum absolute atomic E-state index is 11.6. The lowest BCUT2D eigenvalue weighted by molar-refractivity contribution is -0.117. The van der Waals surface area contributed by atoms with Crippen molar-refractivity contribution in [3.63, 3.8) is 0 Å². The Morgan fingerprint density at radius 2 is 2.16 bits per heavy atom. The lowest BCUT2D eigenvalue weighted by atomic mass is 10.2. The van der Waals surface area contributed by atoms with Crippen molar-refractivity contribution in [2.45, 2.75) is 44.4 Å². The van der Waals surface area contributed by atoms with Crippen LogP contribution >= 0.6 is 11.8 Å². The molecule has 19 heavy (non-hydrogen) atoms. The van der Waals surface area contributed by atoms with Crippen molar-refractivity contribution in [1.29, 1.82) is 0 Å². The fourth-order valence-electron chi connectivity index (χ4n) is 1.23. The zero-order chi connectivity index (χ0) is 14.5. The molecule has 0 saturated heterocycles. The molecule has 1 amide bonds. The van der Waals surface area contributed by atoms with Crippen LogP contribution in [-0.4, -0.2) is 22.9 Å². The second-order valence-corrected chi connectivity index (χ2v) is 6.17. The van der Waals surface area contributed by atoms with Crippen LogP contribution in [0.5, 0.6) is 0 Å². The molecule has 0 fully saturated rings. The Hall–Kier alpha value is -1.43. The normalized spacial score (nSPS) is 12.8. The number of nitrogens with one attached hydrogen (secondary N) is 1. The molecule has 0 aliphatic heterocycles. The van der Waals surface area contributed by atoms with Gasteiger partial charge in [-0.05, 0) is 33.8 Å². The summed E-state index contributed by atoms with van der Waals surface area (Å²) in [4.78, 5) is 23.1. The van der Waals surface area contributed by atoms with Crippen LogP contribution in [-0.2, 0) is 15.3 Å². The Labute approximate surface area is 117 Å². The molecule has 0 aromatic carbocycles. The molecular weight excluding hydrogens is 266 g/mol. The van der Waals surface area contributed by atoms with Gasteiger partial charge in [0.1, 0.15) is 11.0 Å². The van der Waals surface area contributed by atoms with Crippen LogP contribution in [0.4, 0.5) is 4.79 Å². The van der Waals surface area contributed by atoms with Gasteiger partial charge in [0.2, 0.25) is 0 Å². The van der Waals surface area contributed by atoms with Crippen molar-refractivity contribution in [3.8, 4) is 0 Å². The molecule has 1 N–H and O–H groups in total. The van der Waals surface area contributed by atoms with E-state index >= 15 is 0 Å². The van der Waals surface area contributed by atoms with Gasteiger partial charge in [-0.1, -0.05) is 0 Å². The number of hydrogen-bond acceptors (Lipinski definition) is 5. The quantitative estimate of drug-likeness (QED) is 0.842. The van der Waals surface area contributed by atoms with Gasteiger partial charge in [-0.2, -0.15) is 0 Å². The maximum Gasteiger partial charge on any atom is 0.408 e. The Morgan fingerprint density at radius 3 is 2.63 bits per heavy atom. The van der Waals surface area contributed by atoms with Crippen LogP contribution in [0.15, 0.2) is 23.0 Å². The zero-order valence-corrected chi connectivity index (χ0v) is 12.4. The van der Waals surface area contributed by atoms with Gasteiger partial charge in [-0.15, -0.1) is 11.8 Å². The van der Waals surface area contributed by atoms with Crippen LogP contribution in [0.2, 0.25) is 0 Å². The topological polar surface area (TPSA) is 68.5 Å². The molecule has 1 heterocycles. The van der Waals surface area contributed by atoms with Gasteiger partial charge >= 0.3 is 6.09 Å². The minimum Gasteiger partial charge on any atom is -0.472 e. The number of ketones is 1. The average molecular weight is 285 g/mol. The van der Waals surface area contributed by atoms with Crippen LogP contribution in [0.25, 0.3) is 0 Å². The van der Waals surface area contributed by atoms with Gasteiger partial charge in [0.15, 0.2) is 5.78 Å². The third-order valence-electron chi connectivity index (χ3n) is 2.01. The number of thioether (sulfide) groups is 1. The van der Waals surface area contributed by atoms with Gasteiger partial charge in [0, 0.05) is 11.3 Å². The first-order chi connectivity index (χ1) is 8.78. The number of ether oxygens (including phenoxy) is 1. The number of carbonyl (C=O) groups excluding carboxylic acids is 2. The average Bonchev–Trinajstić information content (AvgIpc) is 2.73. The fourth-order valence-corrected chi connectivity index (χ4v) is 2.17. The van der Waals surface area contributed by atoms with E-state index in [0.717, 1.165) is 5.56 Å².